The van der Waals surface area contributed by atoms with Crippen molar-refractivity contribution < 1.29 is 4.79 Å². The number of piperidine rings is 1. The smallest absolute Gasteiger partial charge is 0.237 e. The summed E-state index contributed by atoms with van der Waals surface area (Å²) in [7, 11) is 0. The van der Waals surface area contributed by atoms with Gasteiger partial charge in [0.25, 0.3) is 0 Å². The number of halogens is 1. The van der Waals surface area contributed by atoms with Crippen LogP contribution < -0.4 is 15.5 Å². The lowest BCUT2D eigenvalue weighted by Gasteiger charge is -2.33. The molecular formula is C16H23ClN4O. The van der Waals surface area contributed by atoms with Crippen LogP contribution in [0, 0.1) is 5.92 Å². The number of nitrogens with one attached hydrogen (secondary N) is 2. The highest BCUT2D eigenvalue weighted by molar-refractivity contribution is 6.30. The first kappa shape index (κ1) is 15.6. The van der Waals surface area contributed by atoms with Gasteiger partial charge in [-0.15, -0.1) is 0 Å². The first-order valence-corrected chi connectivity index (χ1v) is 8.48. The second kappa shape index (κ2) is 7.29. The fourth-order valence-electron chi connectivity index (χ4n) is 3.27. The molecule has 0 aromatic carbocycles. The Kier molecular flexibility index (Phi) is 5.16. The quantitative estimate of drug-likeness (QED) is 0.888. The Morgan fingerprint density at radius 2 is 2.32 bits per heavy atom. The largest absolute Gasteiger partial charge is 0.356 e. The molecule has 6 heteroatoms. The van der Waals surface area contributed by atoms with Gasteiger partial charge in [-0.3, -0.25) is 4.79 Å². The first-order valence-electron chi connectivity index (χ1n) is 8.10. The lowest BCUT2D eigenvalue weighted by molar-refractivity contribution is -0.122. The van der Waals surface area contributed by atoms with Gasteiger partial charge in [0.15, 0.2) is 0 Å². The predicted molar refractivity (Wildman–Crippen MR) is 88.2 cm³/mol. The number of aromatic nitrogens is 1. The molecule has 2 unspecified atom stereocenters. The van der Waals surface area contributed by atoms with Crippen LogP contribution in [0.2, 0.25) is 5.02 Å². The Balaban J connectivity index is 1.50. The van der Waals surface area contributed by atoms with E-state index in [1.165, 1.54) is 0 Å². The monoisotopic (exact) mass is 322 g/mol. The number of hydrogen-bond donors (Lipinski definition) is 2. The Bertz CT molecular complexity index is 501. The summed E-state index contributed by atoms with van der Waals surface area (Å²) < 4.78 is 0. The molecule has 2 aliphatic rings. The highest BCUT2D eigenvalue weighted by atomic mass is 35.5. The van der Waals surface area contributed by atoms with Gasteiger partial charge in [0, 0.05) is 25.8 Å². The molecule has 120 valence electrons. The average Bonchev–Trinajstić information content (AvgIpc) is 3.08. The Morgan fingerprint density at radius 3 is 3.05 bits per heavy atom. The lowest BCUT2D eigenvalue weighted by Crippen LogP contribution is -2.45. The fourth-order valence-corrected chi connectivity index (χ4v) is 3.38. The molecule has 5 nitrogen and oxygen atoms in total. The summed E-state index contributed by atoms with van der Waals surface area (Å²) in [6.07, 6.45) is 6.03. The number of rotatable bonds is 4. The fraction of sp³-hybridized carbons (Fsp3) is 0.625. The maximum atomic E-state index is 12.1. The van der Waals surface area contributed by atoms with Crippen LogP contribution in [0.1, 0.15) is 25.7 Å². The maximum Gasteiger partial charge on any atom is 0.237 e. The van der Waals surface area contributed by atoms with E-state index in [9.17, 15) is 4.79 Å². The van der Waals surface area contributed by atoms with Crippen LogP contribution >= 0.6 is 11.6 Å². The molecule has 0 bridgehead atoms. The number of amides is 1. The third-order valence-corrected chi connectivity index (χ3v) is 4.72. The summed E-state index contributed by atoms with van der Waals surface area (Å²) in [5, 5.41) is 7.01. The molecule has 3 heterocycles. The zero-order valence-corrected chi connectivity index (χ0v) is 13.5. The van der Waals surface area contributed by atoms with Crippen molar-refractivity contribution in [3.8, 4) is 0 Å². The summed E-state index contributed by atoms with van der Waals surface area (Å²) >= 11 is 5.89. The van der Waals surface area contributed by atoms with Crippen LogP contribution in [0.4, 0.5) is 5.82 Å². The van der Waals surface area contributed by atoms with Gasteiger partial charge in [-0.1, -0.05) is 11.6 Å². The van der Waals surface area contributed by atoms with E-state index in [2.05, 4.69) is 20.5 Å². The van der Waals surface area contributed by atoms with Crippen molar-refractivity contribution in [2.24, 2.45) is 5.92 Å². The van der Waals surface area contributed by atoms with Gasteiger partial charge in [-0.2, -0.15) is 0 Å². The summed E-state index contributed by atoms with van der Waals surface area (Å²) in [5.74, 6) is 1.61. The van der Waals surface area contributed by atoms with E-state index in [4.69, 9.17) is 11.6 Å². The average molecular weight is 323 g/mol. The number of nitrogens with zero attached hydrogens (tertiary/aromatic N) is 2. The summed E-state index contributed by atoms with van der Waals surface area (Å²) in [4.78, 5) is 18.7. The van der Waals surface area contributed by atoms with Crippen LogP contribution in [0.5, 0.6) is 0 Å². The number of hydrogen-bond acceptors (Lipinski definition) is 4. The number of carbonyl (C=O) groups is 1. The zero-order chi connectivity index (χ0) is 15.4. The number of anilines is 1. The molecule has 2 saturated heterocycles. The molecule has 22 heavy (non-hydrogen) atoms. The van der Waals surface area contributed by atoms with Crippen molar-refractivity contribution in [1.82, 2.24) is 15.6 Å². The van der Waals surface area contributed by atoms with Crippen molar-refractivity contribution in [3.63, 3.8) is 0 Å². The number of pyridine rings is 1. The van der Waals surface area contributed by atoms with Crippen LogP contribution in [0.3, 0.4) is 0 Å². The second-order valence-electron chi connectivity index (χ2n) is 6.18. The van der Waals surface area contributed by atoms with E-state index >= 15 is 0 Å². The van der Waals surface area contributed by atoms with Gasteiger partial charge in [-0.05, 0) is 50.3 Å². The SMILES string of the molecule is O=C(NCC1CCCN(c2ccc(Cl)cn2)C1)C1CCCN1. The van der Waals surface area contributed by atoms with E-state index in [0.717, 1.165) is 57.7 Å². The topological polar surface area (TPSA) is 57.3 Å². The molecule has 0 saturated carbocycles. The molecule has 1 amide bonds. The molecule has 0 spiro atoms. The van der Waals surface area contributed by atoms with Crippen molar-refractivity contribution in [3.05, 3.63) is 23.4 Å². The van der Waals surface area contributed by atoms with Gasteiger partial charge >= 0.3 is 0 Å². The summed E-state index contributed by atoms with van der Waals surface area (Å²) in [6, 6.07) is 3.85. The minimum Gasteiger partial charge on any atom is -0.356 e. The van der Waals surface area contributed by atoms with E-state index in [1.807, 2.05) is 12.1 Å². The number of carbonyl (C=O) groups excluding carboxylic acids is 1. The van der Waals surface area contributed by atoms with E-state index in [1.54, 1.807) is 6.20 Å². The molecule has 2 N–H and O–H groups in total. The third kappa shape index (κ3) is 3.90. The summed E-state index contributed by atoms with van der Waals surface area (Å²) in [5.41, 5.74) is 0. The van der Waals surface area contributed by atoms with Gasteiger partial charge in [-0.25, -0.2) is 4.98 Å². The molecular weight excluding hydrogens is 300 g/mol. The molecule has 0 radical (unpaired) electrons. The lowest BCUT2D eigenvalue weighted by atomic mass is 9.98. The Hall–Kier alpha value is -1.33. The highest BCUT2D eigenvalue weighted by Crippen LogP contribution is 2.22. The molecule has 3 rings (SSSR count). The second-order valence-corrected chi connectivity index (χ2v) is 6.62. The van der Waals surface area contributed by atoms with Crippen molar-refractivity contribution >= 4 is 23.3 Å². The molecule has 2 atom stereocenters. The zero-order valence-electron chi connectivity index (χ0n) is 12.7. The predicted octanol–water partition coefficient (Wildman–Crippen LogP) is 1.82. The van der Waals surface area contributed by atoms with Crippen molar-refractivity contribution in [2.75, 3.05) is 31.1 Å². The van der Waals surface area contributed by atoms with E-state index in [0.29, 0.717) is 10.9 Å². The van der Waals surface area contributed by atoms with Gasteiger partial charge in [0.05, 0.1) is 11.1 Å². The van der Waals surface area contributed by atoms with Crippen LogP contribution in [0.15, 0.2) is 18.3 Å². The Morgan fingerprint density at radius 1 is 1.41 bits per heavy atom. The molecule has 1 aromatic heterocycles. The maximum absolute atomic E-state index is 12.1. The molecule has 2 aliphatic heterocycles. The summed E-state index contributed by atoms with van der Waals surface area (Å²) in [6.45, 7) is 3.66. The van der Waals surface area contributed by atoms with Crippen LogP contribution in [-0.4, -0.2) is 43.1 Å². The standard InChI is InChI=1S/C16H23ClN4O/c17-13-5-6-15(19-10-13)21-8-2-3-12(11-21)9-20-16(22)14-4-1-7-18-14/h5-6,10,12,14,18H,1-4,7-9,11H2,(H,20,22). The highest BCUT2D eigenvalue weighted by Gasteiger charge is 2.25. The van der Waals surface area contributed by atoms with Crippen LogP contribution in [-0.2, 0) is 4.79 Å². The minimum absolute atomic E-state index is 0.0117. The Labute approximate surface area is 136 Å². The first-order chi connectivity index (χ1) is 10.7. The van der Waals surface area contributed by atoms with Crippen molar-refractivity contribution in [1.29, 1.82) is 0 Å². The normalized spacial score (nSPS) is 25.2. The molecule has 1 aromatic rings. The van der Waals surface area contributed by atoms with Crippen LogP contribution in [0.25, 0.3) is 0 Å². The van der Waals surface area contributed by atoms with E-state index < -0.39 is 0 Å². The molecule has 0 aliphatic carbocycles. The van der Waals surface area contributed by atoms with Gasteiger partial charge in [0.1, 0.15) is 5.82 Å². The van der Waals surface area contributed by atoms with Gasteiger partial charge in [0.2, 0.25) is 5.91 Å². The molecule has 2 fully saturated rings. The van der Waals surface area contributed by atoms with Gasteiger partial charge < -0.3 is 15.5 Å². The van der Waals surface area contributed by atoms with Crippen molar-refractivity contribution in [2.45, 2.75) is 31.7 Å². The minimum atomic E-state index is 0.0117. The third-order valence-electron chi connectivity index (χ3n) is 4.50. The van der Waals surface area contributed by atoms with E-state index in [-0.39, 0.29) is 11.9 Å².